The van der Waals surface area contributed by atoms with Gasteiger partial charge >= 0.3 is 0 Å². The van der Waals surface area contributed by atoms with E-state index in [1.807, 2.05) is 0 Å². The summed E-state index contributed by atoms with van der Waals surface area (Å²) < 4.78 is 4.46. The molecule has 34 valence electrons. The lowest BCUT2D eigenvalue weighted by Gasteiger charge is -1.74. The van der Waals surface area contributed by atoms with E-state index >= 15 is 0 Å². The van der Waals surface area contributed by atoms with Crippen molar-refractivity contribution in [2.24, 2.45) is 0 Å². The molecule has 0 N–H and O–H groups in total. The Balaban J connectivity index is 0. The highest BCUT2D eigenvalue weighted by Gasteiger charge is 1.54. The number of rotatable bonds is 1. The molecule has 0 bridgehead atoms. The maximum Gasteiger partial charge on any atom is 0.101 e. The predicted octanol–water partition coefficient (Wildman–Crippen LogP) is 1.56. The molecule has 0 atom stereocenters. The first kappa shape index (κ1) is 9.33. The fourth-order valence-electron chi connectivity index (χ4n) is 0. The Labute approximate surface area is 50.6 Å². The molecule has 0 heterocycles. The van der Waals surface area contributed by atoms with E-state index in [1.165, 1.54) is 0 Å². The zero-order chi connectivity index (χ0) is 3.41. The van der Waals surface area contributed by atoms with Crippen LogP contribution in [0.5, 0.6) is 0 Å². The molecule has 0 aromatic carbocycles. The van der Waals surface area contributed by atoms with Gasteiger partial charge in [0.25, 0.3) is 0 Å². The van der Waals surface area contributed by atoms with Crippen LogP contribution in [0.2, 0.25) is 0 Å². The molecule has 3 heteroatoms. The molecule has 0 unspecified atom stereocenters. The molecule has 1 nitrogen and oxygen atoms in total. The number of hydrogen-bond donors (Lipinski definition) is 0. The monoisotopic (exact) mass is 204 g/mol. The minimum atomic E-state index is 0. The molecule has 0 spiro atoms. The summed E-state index contributed by atoms with van der Waals surface area (Å²) in [6, 6.07) is 0. The van der Waals surface area contributed by atoms with Crippen molar-refractivity contribution in [1.29, 1.82) is 0 Å². The van der Waals surface area contributed by atoms with Gasteiger partial charge < -0.3 is 4.74 Å². The first-order valence-corrected chi connectivity index (χ1v) is 2.09. The Morgan fingerprint density at radius 2 is 2.00 bits per heavy atom. The Morgan fingerprint density at radius 3 is 2.00 bits per heavy atom. The highest BCUT2D eigenvalue weighted by atomic mass is 79.9. The molecular formula is C2H6Br2O. The average Bonchev–Trinajstić information content (AvgIpc) is 1.37. The quantitative estimate of drug-likeness (QED) is 0.591. The van der Waals surface area contributed by atoms with Gasteiger partial charge in [0.1, 0.15) is 5.52 Å². The normalized spacial score (nSPS) is 6.00. The fourth-order valence-corrected chi connectivity index (χ4v) is 0. The SMILES string of the molecule is Br.COCBr. The van der Waals surface area contributed by atoms with Gasteiger partial charge in [-0.15, -0.1) is 17.0 Å². The highest BCUT2D eigenvalue weighted by molar-refractivity contribution is 9.09. The summed E-state index contributed by atoms with van der Waals surface area (Å²) in [5, 5.41) is 0. The molecule has 0 amide bonds. The number of methoxy groups -OCH3 is 1. The van der Waals surface area contributed by atoms with Crippen LogP contribution in [-0.4, -0.2) is 12.6 Å². The van der Waals surface area contributed by atoms with E-state index in [9.17, 15) is 0 Å². The lowest BCUT2D eigenvalue weighted by atomic mass is 11.6. The van der Waals surface area contributed by atoms with Crippen molar-refractivity contribution < 1.29 is 4.74 Å². The van der Waals surface area contributed by atoms with Crippen molar-refractivity contribution in [1.82, 2.24) is 0 Å². The van der Waals surface area contributed by atoms with Gasteiger partial charge in [0, 0.05) is 7.11 Å². The first-order valence-electron chi connectivity index (χ1n) is 0.964. The highest BCUT2D eigenvalue weighted by Crippen LogP contribution is 1.72. The summed E-state index contributed by atoms with van der Waals surface area (Å²) >= 11 is 3.03. The third-order valence-corrected chi connectivity index (χ3v) is 0.567. The lowest BCUT2D eigenvalue weighted by molar-refractivity contribution is 0.263. The van der Waals surface area contributed by atoms with Crippen LogP contribution in [0.1, 0.15) is 0 Å². The summed E-state index contributed by atoms with van der Waals surface area (Å²) in [6.07, 6.45) is 0. The van der Waals surface area contributed by atoms with Crippen LogP contribution in [0.15, 0.2) is 0 Å². The average molecular weight is 206 g/mol. The van der Waals surface area contributed by atoms with Crippen molar-refractivity contribution in [2.75, 3.05) is 12.6 Å². The number of hydrogen-bond acceptors (Lipinski definition) is 1. The molecule has 0 aromatic heterocycles. The van der Waals surface area contributed by atoms with E-state index in [2.05, 4.69) is 20.7 Å². The van der Waals surface area contributed by atoms with Crippen molar-refractivity contribution in [3.63, 3.8) is 0 Å². The zero-order valence-electron chi connectivity index (χ0n) is 2.90. The van der Waals surface area contributed by atoms with Crippen molar-refractivity contribution in [2.45, 2.75) is 0 Å². The van der Waals surface area contributed by atoms with E-state index in [0.29, 0.717) is 5.52 Å². The molecular weight excluding hydrogens is 200 g/mol. The second-order valence-electron chi connectivity index (χ2n) is 0.398. The van der Waals surface area contributed by atoms with Crippen LogP contribution in [0.3, 0.4) is 0 Å². The maximum atomic E-state index is 4.46. The van der Waals surface area contributed by atoms with Gasteiger partial charge in [0.2, 0.25) is 0 Å². The van der Waals surface area contributed by atoms with Crippen LogP contribution in [0, 0.1) is 0 Å². The molecule has 0 saturated heterocycles. The van der Waals surface area contributed by atoms with Gasteiger partial charge in [0.05, 0.1) is 0 Å². The van der Waals surface area contributed by atoms with Gasteiger partial charge in [-0.2, -0.15) is 0 Å². The summed E-state index contributed by atoms with van der Waals surface area (Å²) in [5.74, 6) is 0. The molecule has 0 saturated carbocycles. The minimum absolute atomic E-state index is 0. The Morgan fingerprint density at radius 1 is 1.80 bits per heavy atom. The van der Waals surface area contributed by atoms with Crippen LogP contribution >= 0.6 is 32.9 Å². The van der Waals surface area contributed by atoms with Crippen molar-refractivity contribution >= 4 is 32.9 Å². The smallest absolute Gasteiger partial charge is 0.101 e. The fraction of sp³-hybridized carbons (Fsp3) is 1.00. The van der Waals surface area contributed by atoms with Gasteiger partial charge in [-0.25, -0.2) is 0 Å². The van der Waals surface area contributed by atoms with E-state index in [-0.39, 0.29) is 17.0 Å². The molecule has 0 radical (unpaired) electrons. The summed E-state index contributed by atoms with van der Waals surface area (Å²) in [4.78, 5) is 0. The molecule has 0 aliphatic carbocycles. The number of halogens is 2. The minimum Gasteiger partial charge on any atom is -0.373 e. The molecule has 0 aliphatic rings. The van der Waals surface area contributed by atoms with Crippen LogP contribution in [0.25, 0.3) is 0 Å². The lowest BCUT2D eigenvalue weighted by Crippen LogP contribution is -1.68. The second kappa shape index (κ2) is 8.87. The third kappa shape index (κ3) is 11.4. The summed E-state index contributed by atoms with van der Waals surface area (Å²) in [7, 11) is 1.63. The Hall–Kier alpha value is 0.920. The number of ether oxygens (including phenoxy) is 1. The van der Waals surface area contributed by atoms with Gasteiger partial charge in [-0.05, 0) is 0 Å². The molecule has 0 fully saturated rings. The van der Waals surface area contributed by atoms with Gasteiger partial charge in [-0.3, -0.25) is 0 Å². The van der Waals surface area contributed by atoms with E-state index in [1.54, 1.807) is 7.11 Å². The first-order chi connectivity index (χ1) is 1.91. The van der Waals surface area contributed by atoms with Gasteiger partial charge in [-0.1, -0.05) is 15.9 Å². The van der Waals surface area contributed by atoms with Crippen LogP contribution < -0.4 is 0 Å². The third-order valence-electron chi connectivity index (χ3n) is 0.109. The van der Waals surface area contributed by atoms with E-state index in [4.69, 9.17) is 0 Å². The Bertz CT molecular complexity index is 9.61. The van der Waals surface area contributed by atoms with Crippen molar-refractivity contribution in [3.8, 4) is 0 Å². The second-order valence-corrected chi connectivity index (χ2v) is 0.856. The molecule has 0 aromatic rings. The number of alkyl halides is 1. The van der Waals surface area contributed by atoms with Crippen LogP contribution in [0.4, 0.5) is 0 Å². The predicted molar refractivity (Wildman–Crippen MR) is 31.1 cm³/mol. The standard InChI is InChI=1S/C2H5BrO.BrH/c1-4-2-3;/h2H2,1H3;1H. The van der Waals surface area contributed by atoms with Gasteiger partial charge in [0.15, 0.2) is 0 Å². The Kier molecular flexibility index (Phi) is 16.5. The molecule has 5 heavy (non-hydrogen) atoms. The van der Waals surface area contributed by atoms with E-state index < -0.39 is 0 Å². The van der Waals surface area contributed by atoms with E-state index in [0.717, 1.165) is 0 Å². The maximum absolute atomic E-state index is 4.46. The topological polar surface area (TPSA) is 9.23 Å². The van der Waals surface area contributed by atoms with Crippen LogP contribution in [-0.2, 0) is 4.74 Å². The molecule has 0 rings (SSSR count). The summed E-state index contributed by atoms with van der Waals surface area (Å²) in [5.41, 5.74) is 0.632. The largest absolute Gasteiger partial charge is 0.373 e. The summed E-state index contributed by atoms with van der Waals surface area (Å²) in [6.45, 7) is 0. The molecule has 0 aliphatic heterocycles. The van der Waals surface area contributed by atoms with Crippen molar-refractivity contribution in [3.05, 3.63) is 0 Å². The zero-order valence-corrected chi connectivity index (χ0v) is 6.20.